The Morgan fingerprint density at radius 1 is 1.12 bits per heavy atom. The SMILES string of the molecule is COC(C)C1=CC(=O)c2ccccc2C1=O. The summed E-state index contributed by atoms with van der Waals surface area (Å²) in [7, 11) is 1.52. The summed E-state index contributed by atoms with van der Waals surface area (Å²) in [6, 6.07) is 6.85. The first-order valence-electron chi connectivity index (χ1n) is 5.07. The molecule has 0 aliphatic heterocycles. The highest BCUT2D eigenvalue weighted by atomic mass is 16.5. The number of hydrogen-bond acceptors (Lipinski definition) is 3. The Morgan fingerprint density at radius 2 is 1.75 bits per heavy atom. The van der Waals surface area contributed by atoms with E-state index in [0.717, 1.165) is 0 Å². The van der Waals surface area contributed by atoms with E-state index < -0.39 is 0 Å². The predicted octanol–water partition coefficient (Wildman–Crippen LogP) is 2.03. The molecule has 1 unspecified atom stereocenters. The van der Waals surface area contributed by atoms with Crippen molar-refractivity contribution >= 4 is 11.6 Å². The van der Waals surface area contributed by atoms with Crippen LogP contribution in [-0.2, 0) is 4.74 Å². The Balaban J connectivity index is 2.51. The van der Waals surface area contributed by atoms with Crippen LogP contribution in [0.3, 0.4) is 0 Å². The van der Waals surface area contributed by atoms with E-state index in [-0.39, 0.29) is 17.7 Å². The van der Waals surface area contributed by atoms with Crippen LogP contribution in [0.25, 0.3) is 0 Å². The molecule has 3 nitrogen and oxygen atoms in total. The fraction of sp³-hybridized carbons (Fsp3) is 0.231. The Bertz CT molecular complexity index is 486. The summed E-state index contributed by atoms with van der Waals surface area (Å²) in [4.78, 5) is 23.8. The number of rotatable bonds is 2. The second-order valence-corrected chi connectivity index (χ2v) is 3.72. The second kappa shape index (κ2) is 4.02. The van der Waals surface area contributed by atoms with Gasteiger partial charge in [-0.1, -0.05) is 24.3 Å². The van der Waals surface area contributed by atoms with E-state index >= 15 is 0 Å². The first-order chi connectivity index (χ1) is 7.65. The van der Waals surface area contributed by atoms with Crippen LogP contribution in [0, 0.1) is 0 Å². The third kappa shape index (κ3) is 1.59. The zero-order valence-corrected chi connectivity index (χ0v) is 9.19. The molecule has 0 bridgehead atoms. The average molecular weight is 216 g/mol. The molecule has 0 N–H and O–H groups in total. The summed E-state index contributed by atoms with van der Waals surface area (Å²) in [6.07, 6.45) is 1.02. The molecule has 0 fully saturated rings. The molecule has 2 rings (SSSR count). The van der Waals surface area contributed by atoms with E-state index in [2.05, 4.69) is 0 Å². The van der Waals surface area contributed by atoms with Gasteiger partial charge in [-0.3, -0.25) is 9.59 Å². The maximum absolute atomic E-state index is 12.1. The lowest BCUT2D eigenvalue weighted by Crippen LogP contribution is -2.24. The zero-order chi connectivity index (χ0) is 11.7. The summed E-state index contributed by atoms with van der Waals surface area (Å²) in [5, 5.41) is 0. The molecule has 1 aromatic carbocycles. The van der Waals surface area contributed by atoms with E-state index in [1.165, 1.54) is 13.2 Å². The van der Waals surface area contributed by atoms with Crippen LogP contribution in [0.2, 0.25) is 0 Å². The van der Waals surface area contributed by atoms with Crippen molar-refractivity contribution in [1.29, 1.82) is 0 Å². The van der Waals surface area contributed by atoms with Gasteiger partial charge in [0.05, 0.1) is 6.10 Å². The monoisotopic (exact) mass is 216 g/mol. The lowest BCUT2D eigenvalue weighted by Gasteiger charge is -2.18. The van der Waals surface area contributed by atoms with Crippen molar-refractivity contribution in [3.63, 3.8) is 0 Å². The fourth-order valence-corrected chi connectivity index (χ4v) is 1.76. The molecule has 0 spiro atoms. The lowest BCUT2D eigenvalue weighted by molar-refractivity contribution is 0.0915. The largest absolute Gasteiger partial charge is 0.377 e. The van der Waals surface area contributed by atoms with Crippen molar-refractivity contribution in [2.45, 2.75) is 13.0 Å². The van der Waals surface area contributed by atoms with Crippen molar-refractivity contribution in [3.05, 3.63) is 47.0 Å². The highest BCUT2D eigenvalue weighted by Gasteiger charge is 2.27. The lowest BCUT2D eigenvalue weighted by atomic mass is 9.87. The van der Waals surface area contributed by atoms with Crippen molar-refractivity contribution in [1.82, 2.24) is 0 Å². The maximum Gasteiger partial charge on any atom is 0.192 e. The summed E-state index contributed by atoms with van der Waals surface area (Å²) in [5.74, 6) is -0.251. The molecule has 0 saturated heterocycles. The van der Waals surface area contributed by atoms with Gasteiger partial charge in [-0.25, -0.2) is 0 Å². The molecule has 16 heavy (non-hydrogen) atoms. The fourth-order valence-electron chi connectivity index (χ4n) is 1.76. The summed E-state index contributed by atoms with van der Waals surface area (Å²) >= 11 is 0. The highest BCUT2D eigenvalue weighted by Crippen LogP contribution is 2.23. The van der Waals surface area contributed by atoms with Crippen LogP contribution < -0.4 is 0 Å². The Kier molecular flexibility index (Phi) is 2.71. The van der Waals surface area contributed by atoms with Crippen LogP contribution in [0.4, 0.5) is 0 Å². The predicted molar refractivity (Wildman–Crippen MR) is 59.7 cm³/mol. The van der Waals surface area contributed by atoms with E-state index in [1.807, 2.05) is 0 Å². The number of methoxy groups -OCH3 is 1. The van der Waals surface area contributed by atoms with Crippen LogP contribution >= 0.6 is 0 Å². The van der Waals surface area contributed by atoms with Crippen molar-refractivity contribution in [3.8, 4) is 0 Å². The van der Waals surface area contributed by atoms with Gasteiger partial charge in [0.15, 0.2) is 11.6 Å². The number of carbonyl (C=O) groups excluding carboxylic acids is 2. The standard InChI is InChI=1S/C13H12O3/c1-8(16-2)11-7-12(14)9-5-3-4-6-10(9)13(11)15/h3-8H,1-2H3. The molecule has 1 aliphatic rings. The van der Waals surface area contributed by atoms with E-state index in [9.17, 15) is 9.59 Å². The summed E-state index contributed by atoms with van der Waals surface area (Å²) in [5.41, 5.74) is 1.36. The zero-order valence-electron chi connectivity index (χ0n) is 9.19. The quantitative estimate of drug-likeness (QED) is 0.759. The van der Waals surface area contributed by atoms with Crippen molar-refractivity contribution in [2.75, 3.05) is 7.11 Å². The third-order valence-corrected chi connectivity index (χ3v) is 2.78. The topological polar surface area (TPSA) is 43.4 Å². The molecular formula is C13H12O3. The van der Waals surface area contributed by atoms with Crippen LogP contribution in [0.5, 0.6) is 0 Å². The number of hydrogen-bond donors (Lipinski definition) is 0. The smallest absolute Gasteiger partial charge is 0.192 e. The number of ether oxygens (including phenoxy) is 1. The van der Waals surface area contributed by atoms with E-state index in [4.69, 9.17) is 4.74 Å². The minimum Gasteiger partial charge on any atom is -0.377 e. The van der Waals surface area contributed by atoms with Gasteiger partial charge in [-0.05, 0) is 13.0 Å². The molecule has 82 valence electrons. The van der Waals surface area contributed by atoms with Gasteiger partial charge < -0.3 is 4.74 Å². The molecule has 0 heterocycles. The molecule has 3 heteroatoms. The molecule has 0 aromatic heterocycles. The van der Waals surface area contributed by atoms with Gasteiger partial charge in [0.1, 0.15) is 0 Å². The van der Waals surface area contributed by atoms with E-state index in [0.29, 0.717) is 16.7 Å². The van der Waals surface area contributed by atoms with Gasteiger partial charge >= 0.3 is 0 Å². The van der Waals surface area contributed by atoms with Crippen LogP contribution in [0.1, 0.15) is 27.6 Å². The summed E-state index contributed by atoms with van der Waals surface area (Å²) in [6.45, 7) is 1.75. The number of Topliss-reactive ketones (excluding diaryl/α,β-unsaturated/α-hetero) is 1. The minimum atomic E-state index is -0.357. The molecule has 1 aliphatic carbocycles. The van der Waals surface area contributed by atoms with Crippen LogP contribution in [-0.4, -0.2) is 24.8 Å². The van der Waals surface area contributed by atoms with Crippen LogP contribution in [0.15, 0.2) is 35.9 Å². The number of carbonyl (C=O) groups is 2. The highest BCUT2D eigenvalue weighted by molar-refractivity contribution is 6.24. The Morgan fingerprint density at radius 3 is 2.38 bits per heavy atom. The Labute approximate surface area is 93.7 Å². The number of fused-ring (bicyclic) bond motifs is 1. The van der Waals surface area contributed by atoms with Gasteiger partial charge in [0.2, 0.25) is 0 Å². The Hall–Kier alpha value is -1.74. The van der Waals surface area contributed by atoms with Crippen molar-refractivity contribution in [2.24, 2.45) is 0 Å². The molecule has 0 radical (unpaired) electrons. The summed E-state index contributed by atoms with van der Waals surface area (Å²) < 4.78 is 5.08. The number of ketones is 2. The minimum absolute atomic E-state index is 0.121. The molecule has 1 aromatic rings. The third-order valence-electron chi connectivity index (χ3n) is 2.78. The first-order valence-corrected chi connectivity index (χ1v) is 5.07. The molecule has 0 saturated carbocycles. The van der Waals surface area contributed by atoms with Gasteiger partial charge in [-0.2, -0.15) is 0 Å². The van der Waals surface area contributed by atoms with Crippen molar-refractivity contribution < 1.29 is 14.3 Å². The normalized spacial score (nSPS) is 16.8. The van der Waals surface area contributed by atoms with E-state index in [1.54, 1.807) is 31.2 Å². The van der Waals surface area contributed by atoms with Gasteiger partial charge in [0, 0.05) is 23.8 Å². The number of benzene rings is 1. The number of allylic oxidation sites excluding steroid dienone is 1. The molecule has 1 atom stereocenters. The second-order valence-electron chi connectivity index (χ2n) is 3.72. The molecular weight excluding hydrogens is 204 g/mol. The molecule has 0 amide bonds. The average Bonchev–Trinajstić information content (AvgIpc) is 2.33. The first kappa shape index (κ1) is 10.8. The van der Waals surface area contributed by atoms with Gasteiger partial charge in [-0.15, -0.1) is 0 Å². The maximum atomic E-state index is 12.1. The van der Waals surface area contributed by atoms with Gasteiger partial charge in [0.25, 0.3) is 0 Å².